The molecule has 1 aliphatic rings. The van der Waals surface area contributed by atoms with Gasteiger partial charge in [0.1, 0.15) is 13.2 Å². The highest BCUT2D eigenvalue weighted by molar-refractivity contribution is 7.98. The number of ether oxygens (including phenoxy) is 2. The van der Waals surface area contributed by atoms with Gasteiger partial charge in [-0.25, -0.2) is 0 Å². The first-order valence-electron chi connectivity index (χ1n) is 7.47. The van der Waals surface area contributed by atoms with Crippen LogP contribution in [-0.2, 0) is 0 Å². The summed E-state index contributed by atoms with van der Waals surface area (Å²) in [5.41, 5.74) is 7.22. The molecule has 1 aromatic rings. The molecule has 1 aromatic carbocycles. The van der Waals surface area contributed by atoms with Crippen molar-refractivity contribution < 1.29 is 9.47 Å². The van der Waals surface area contributed by atoms with E-state index in [1.807, 2.05) is 17.8 Å². The van der Waals surface area contributed by atoms with Crippen LogP contribution in [0.3, 0.4) is 0 Å². The van der Waals surface area contributed by atoms with Gasteiger partial charge in [0.2, 0.25) is 0 Å². The molecule has 118 valence electrons. The Labute approximate surface area is 132 Å². The minimum absolute atomic E-state index is 0.206. The fourth-order valence-electron chi connectivity index (χ4n) is 2.60. The largest absolute Gasteiger partial charge is 0.486 e. The van der Waals surface area contributed by atoms with Crippen molar-refractivity contribution in [2.45, 2.75) is 25.4 Å². The van der Waals surface area contributed by atoms with Crippen LogP contribution < -0.4 is 15.2 Å². The van der Waals surface area contributed by atoms with Gasteiger partial charge in [0.15, 0.2) is 11.5 Å². The zero-order chi connectivity index (χ0) is 15.2. The predicted octanol–water partition coefficient (Wildman–Crippen LogP) is 2.53. The van der Waals surface area contributed by atoms with Crippen molar-refractivity contribution in [1.29, 1.82) is 0 Å². The SMILES string of the molecule is CSCCC(C)N(C)C(CN)c1ccc2c(c1)OCCO2. The molecule has 1 heterocycles. The summed E-state index contributed by atoms with van der Waals surface area (Å²) in [6.45, 7) is 4.10. The molecule has 5 heteroatoms. The lowest BCUT2D eigenvalue weighted by atomic mass is 10.0. The van der Waals surface area contributed by atoms with Gasteiger partial charge in [-0.2, -0.15) is 11.8 Å². The van der Waals surface area contributed by atoms with E-state index in [2.05, 4.69) is 37.3 Å². The third-order valence-corrected chi connectivity index (χ3v) is 4.74. The van der Waals surface area contributed by atoms with Crippen LogP contribution in [0.5, 0.6) is 11.5 Å². The Balaban J connectivity index is 2.12. The number of hydrogen-bond donors (Lipinski definition) is 1. The second-order valence-corrected chi connectivity index (χ2v) is 6.44. The molecule has 0 saturated heterocycles. The Bertz CT molecular complexity index is 456. The van der Waals surface area contributed by atoms with Gasteiger partial charge < -0.3 is 15.2 Å². The fourth-order valence-corrected chi connectivity index (χ4v) is 3.18. The van der Waals surface area contributed by atoms with E-state index in [0.29, 0.717) is 25.8 Å². The van der Waals surface area contributed by atoms with E-state index >= 15 is 0 Å². The van der Waals surface area contributed by atoms with Gasteiger partial charge in [0.05, 0.1) is 0 Å². The molecule has 2 N–H and O–H groups in total. The van der Waals surface area contributed by atoms with E-state index in [0.717, 1.165) is 11.5 Å². The van der Waals surface area contributed by atoms with Crippen LogP contribution >= 0.6 is 11.8 Å². The topological polar surface area (TPSA) is 47.7 Å². The first-order valence-corrected chi connectivity index (χ1v) is 8.87. The van der Waals surface area contributed by atoms with E-state index in [4.69, 9.17) is 15.2 Å². The van der Waals surface area contributed by atoms with Gasteiger partial charge in [0.25, 0.3) is 0 Å². The molecular formula is C16H26N2O2S. The molecule has 2 rings (SSSR count). The highest BCUT2D eigenvalue weighted by Gasteiger charge is 2.22. The van der Waals surface area contributed by atoms with Gasteiger partial charge in [0, 0.05) is 18.6 Å². The van der Waals surface area contributed by atoms with Crippen molar-refractivity contribution in [3.8, 4) is 11.5 Å². The summed E-state index contributed by atoms with van der Waals surface area (Å²) in [6.07, 6.45) is 3.31. The Morgan fingerprint density at radius 1 is 1.29 bits per heavy atom. The van der Waals surface area contributed by atoms with Crippen LogP contribution in [0.1, 0.15) is 24.9 Å². The van der Waals surface area contributed by atoms with Crippen LogP contribution in [0.15, 0.2) is 18.2 Å². The molecule has 0 radical (unpaired) electrons. The average Bonchev–Trinajstić information content (AvgIpc) is 2.53. The van der Waals surface area contributed by atoms with Gasteiger partial charge in [-0.05, 0) is 50.1 Å². The van der Waals surface area contributed by atoms with E-state index < -0.39 is 0 Å². The standard InChI is InChI=1S/C16H26N2O2S/c1-12(6-9-21-3)18(2)14(11-17)13-4-5-15-16(10-13)20-8-7-19-15/h4-5,10,12,14H,6-9,11,17H2,1-3H3. The molecule has 0 bridgehead atoms. The van der Waals surface area contributed by atoms with E-state index in [1.165, 1.54) is 17.7 Å². The normalized spacial score (nSPS) is 16.8. The first kappa shape index (κ1) is 16.5. The summed E-state index contributed by atoms with van der Waals surface area (Å²) in [5.74, 6) is 2.84. The molecule has 0 saturated carbocycles. The second kappa shape index (κ2) is 7.92. The predicted molar refractivity (Wildman–Crippen MR) is 89.5 cm³/mol. The van der Waals surface area contributed by atoms with Crippen molar-refractivity contribution in [3.05, 3.63) is 23.8 Å². The number of rotatable bonds is 7. The Kier molecular flexibility index (Phi) is 6.21. The van der Waals surface area contributed by atoms with Crippen molar-refractivity contribution >= 4 is 11.8 Å². The van der Waals surface area contributed by atoms with E-state index in [9.17, 15) is 0 Å². The van der Waals surface area contributed by atoms with Gasteiger partial charge in [-0.3, -0.25) is 4.90 Å². The minimum Gasteiger partial charge on any atom is -0.486 e. The lowest BCUT2D eigenvalue weighted by molar-refractivity contribution is 0.168. The monoisotopic (exact) mass is 310 g/mol. The third kappa shape index (κ3) is 4.05. The molecule has 2 atom stereocenters. The fraction of sp³-hybridized carbons (Fsp3) is 0.625. The maximum atomic E-state index is 6.03. The minimum atomic E-state index is 0.206. The summed E-state index contributed by atoms with van der Waals surface area (Å²) in [6, 6.07) is 6.87. The highest BCUT2D eigenvalue weighted by Crippen LogP contribution is 2.34. The van der Waals surface area contributed by atoms with Gasteiger partial charge >= 0.3 is 0 Å². The van der Waals surface area contributed by atoms with E-state index in [-0.39, 0.29) is 6.04 Å². The van der Waals surface area contributed by atoms with Crippen molar-refractivity contribution in [2.75, 3.05) is 38.8 Å². The molecule has 0 amide bonds. The summed E-state index contributed by atoms with van der Waals surface area (Å²) in [5, 5.41) is 0. The van der Waals surface area contributed by atoms with Gasteiger partial charge in [-0.1, -0.05) is 6.07 Å². The summed E-state index contributed by atoms with van der Waals surface area (Å²) in [4.78, 5) is 2.36. The van der Waals surface area contributed by atoms with Crippen molar-refractivity contribution in [3.63, 3.8) is 0 Å². The molecule has 1 aliphatic heterocycles. The number of likely N-dealkylation sites (N-methyl/N-ethyl adjacent to an activating group) is 1. The Hall–Kier alpha value is -0.910. The molecule has 0 fully saturated rings. The second-order valence-electron chi connectivity index (χ2n) is 5.45. The van der Waals surface area contributed by atoms with Gasteiger partial charge in [-0.15, -0.1) is 0 Å². The number of thioether (sulfide) groups is 1. The lowest BCUT2D eigenvalue weighted by Gasteiger charge is -2.33. The Morgan fingerprint density at radius 3 is 2.67 bits per heavy atom. The zero-order valence-electron chi connectivity index (χ0n) is 13.2. The van der Waals surface area contributed by atoms with Crippen molar-refractivity contribution in [2.24, 2.45) is 5.73 Å². The first-order chi connectivity index (χ1) is 10.2. The van der Waals surface area contributed by atoms with Crippen LogP contribution in [-0.4, -0.2) is 49.8 Å². The number of fused-ring (bicyclic) bond motifs is 1. The smallest absolute Gasteiger partial charge is 0.161 e. The lowest BCUT2D eigenvalue weighted by Crippen LogP contribution is -2.37. The number of nitrogens with two attached hydrogens (primary N) is 1. The maximum Gasteiger partial charge on any atom is 0.161 e. The summed E-state index contributed by atoms with van der Waals surface area (Å²) in [7, 11) is 2.15. The average molecular weight is 310 g/mol. The quantitative estimate of drug-likeness (QED) is 0.838. The Morgan fingerprint density at radius 2 is 2.00 bits per heavy atom. The number of hydrogen-bond acceptors (Lipinski definition) is 5. The molecule has 0 aromatic heterocycles. The molecule has 0 spiro atoms. The summed E-state index contributed by atoms with van der Waals surface area (Å²) >= 11 is 1.89. The van der Waals surface area contributed by atoms with E-state index in [1.54, 1.807) is 0 Å². The molecule has 2 unspecified atom stereocenters. The van der Waals surface area contributed by atoms with Crippen LogP contribution in [0.2, 0.25) is 0 Å². The van der Waals surface area contributed by atoms with Crippen LogP contribution in [0.25, 0.3) is 0 Å². The third-order valence-electron chi connectivity index (χ3n) is 4.10. The highest BCUT2D eigenvalue weighted by atomic mass is 32.2. The van der Waals surface area contributed by atoms with Crippen LogP contribution in [0.4, 0.5) is 0 Å². The molecule has 4 nitrogen and oxygen atoms in total. The molecule has 0 aliphatic carbocycles. The maximum absolute atomic E-state index is 6.03. The van der Waals surface area contributed by atoms with Crippen molar-refractivity contribution in [1.82, 2.24) is 4.90 Å². The van der Waals surface area contributed by atoms with Crippen LogP contribution in [0, 0.1) is 0 Å². The number of benzene rings is 1. The summed E-state index contributed by atoms with van der Waals surface area (Å²) < 4.78 is 11.3. The number of nitrogens with zero attached hydrogens (tertiary/aromatic N) is 1. The molecule has 21 heavy (non-hydrogen) atoms. The molecular weight excluding hydrogens is 284 g/mol. The zero-order valence-corrected chi connectivity index (χ0v) is 14.0.